The van der Waals surface area contributed by atoms with Crippen LogP contribution in [0.1, 0.15) is 57.3 Å². The molecule has 0 aliphatic heterocycles. The van der Waals surface area contributed by atoms with Crippen molar-refractivity contribution in [3.63, 3.8) is 0 Å². The lowest BCUT2D eigenvalue weighted by molar-refractivity contribution is 0.413. The van der Waals surface area contributed by atoms with Crippen LogP contribution in [0.4, 0.5) is 17.1 Å². The van der Waals surface area contributed by atoms with Crippen molar-refractivity contribution in [3.8, 4) is 17.2 Å². The van der Waals surface area contributed by atoms with E-state index in [-0.39, 0.29) is 5.92 Å². The molecule has 6 nitrogen and oxygen atoms in total. The molecule has 0 aliphatic rings. The monoisotopic (exact) mass is 845 g/mol. The van der Waals surface area contributed by atoms with Gasteiger partial charge in [-0.3, -0.25) is 0 Å². The summed E-state index contributed by atoms with van der Waals surface area (Å²) in [4.78, 5) is 14.3. The highest BCUT2D eigenvalue weighted by Gasteiger charge is 2.24. The van der Waals surface area contributed by atoms with Crippen molar-refractivity contribution in [1.82, 2.24) is 0 Å². The van der Waals surface area contributed by atoms with Crippen LogP contribution >= 0.6 is 0 Å². The van der Waals surface area contributed by atoms with Gasteiger partial charge in [-0.25, -0.2) is 15.0 Å². The second-order valence-electron chi connectivity index (χ2n) is 15.1. The maximum absolute atomic E-state index is 6.10. The van der Waals surface area contributed by atoms with Gasteiger partial charge in [0.15, 0.2) is 0 Å². The zero-order chi connectivity index (χ0) is 44.8. The van der Waals surface area contributed by atoms with Crippen molar-refractivity contribution in [2.45, 2.75) is 12.8 Å². The van der Waals surface area contributed by atoms with Gasteiger partial charge in [0.2, 0.25) is 0 Å². The van der Waals surface area contributed by atoms with Crippen molar-refractivity contribution in [2.24, 2.45) is 15.0 Å². The van der Waals surface area contributed by atoms with Crippen LogP contribution in [0.3, 0.4) is 0 Å². The summed E-state index contributed by atoms with van der Waals surface area (Å²) in [6, 6.07) is 68.9. The molecule has 0 saturated carbocycles. The number of benzene rings is 8. The Labute approximate surface area is 381 Å². The molecule has 0 fully saturated rings. The van der Waals surface area contributed by atoms with Crippen molar-refractivity contribution in [1.29, 1.82) is 0 Å². The van der Waals surface area contributed by atoms with E-state index in [4.69, 9.17) is 24.2 Å². The normalized spacial score (nSPS) is 10.8. The summed E-state index contributed by atoms with van der Waals surface area (Å²) in [5.74, 6) is 11.9. The SMILES string of the molecule is COc1ccc(C(c2ccc(OC)c(C(=C=Nc3ccccc3)c3ccccc3)c2)c2ccc(OC)c(C(=C=Nc3ccccc3)c3ccccc3)c2)cc1C(C)=C=Nc1ccccc1. The van der Waals surface area contributed by atoms with Crippen LogP contribution in [0.5, 0.6) is 17.2 Å². The predicted octanol–water partition coefficient (Wildman–Crippen LogP) is 14.2. The third-order valence-electron chi connectivity index (χ3n) is 11.0. The summed E-state index contributed by atoms with van der Waals surface area (Å²) in [6.07, 6.45) is 0. The topological polar surface area (TPSA) is 64.8 Å². The number of para-hydroxylation sites is 3. The van der Waals surface area contributed by atoms with Gasteiger partial charge in [0.1, 0.15) is 17.2 Å². The van der Waals surface area contributed by atoms with Crippen LogP contribution in [0, 0.1) is 0 Å². The largest absolute Gasteiger partial charge is 0.496 e. The van der Waals surface area contributed by atoms with Crippen molar-refractivity contribution in [2.75, 3.05) is 21.3 Å². The van der Waals surface area contributed by atoms with Gasteiger partial charge in [0, 0.05) is 28.2 Å². The fourth-order valence-corrected chi connectivity index (χ4v) is 7.70. The Bertz CT molecular complexity index is 2940. The molecule has 0 heterocycles. The van der Waals surface area contributed by atoms with E-state index >= 15 is 0 Å². The Morgan fingerprint density at radius 1 is 0.369 bits per heavy atom. The minimum absolute atomic E-state index is 0.320. The van der Waals surface area contributed by atoms with Crippen LogP contribution < -0.4 is 14.2 Å². The Balaban J connectivity index is 1.39. The molecule has 316 valence electrons. The summed E-state index contributed by atoms with van der Waals surface area (Å²) in [5, 5.41) is 0. The van der Waals surface area contributed by atoms with E-state index in [1.165, 1.54) is 0 Å². The second kappa shape index (κ2) is 21.1. The van der Waals surface area contributed by atoms with Crippen molar-refractivity contribution >= 4 is 51.4 Å². The maximum atomic E-state index is 6.10. The molecule has 8 aromatic rings. The van der Waals surface area contributed by atoms with Gasteiger partial charge in [-0.2, -0.15) is 0 Å². The Morgan fingerprint density at radius 2 is 0.677 bits per heavy atom. The number of methoxy groups -OCH3 is 3. The molecule has 8 rings (SSSR count). The van der Waals surface area contributed by atoms with Crippen LogP contribution in [-0.2, 0) is 0 Å². The number of rotatable bonds is 14. The van der Waals surface area contributed by atoms with Gasteiger partial charge in [0.25, 0.3) is 0 Å². The first kappa shape index (κ1) is 43.2. The first-order valence-corrected chi connectivity index (χ1v) is 21.3. The number of allylic oxidation sites excluding steroid dienone is 1. The van der Waals surface area contributed by atoms with Gasteiger partial charge in [-0.05, 0) is 125 Å². The summed E-state index contributed by atoms with van der Waals surface area (Å²) < 4.78 is 18.2. The number of hydrogen-bond donors (Lipinski definition) is 0. The predicted molar refractivity (Wildman–Crippen MR) is 268 cm³/mol. The maximum Gasteiger partial charge on any atom is 0.127 e. The minimum atomic E-state index is -0.320. The Hall–Kier alpha value is -8.49. The van der Waals surface area contributed by atoms with E-state index in [2.05, 4.69) is 83.3 Å². The molecule has 0 bridgehead atoms. The standard InChI is InChI=1S/C59H47N3O3/c1-42(39-60-48-24-14-7-15-25-48)51-36-45(30-33-56(51)63-2)59(46-31-34-57(64-3)52(37-46)54(43-20-10-5-11-21-43)40-61-49-26-16-8-17-27-49)47-32-35-58(65-4)53(38-47)55(44-22-12-6-13-23-44)41-62-50-28-18-9-19-29-50/h5-38,59H,1-4H3. The van der Waals surface area contributed by atoms with E-state index in [0.717, 1.165) is 78.3 Å². The molecule has 8 aromatic carbocycles. The molecule has 0 aliphatic carbocycles. The molecule has 0 spiro atoms. The molecule has 0 saturated heterocycles. The number of aliphatic imine (C=N–C) groups is 3. The second-order valence-corrected chi connectivity index (χ2v) is 15.1. The van der Waals surface area contributed by atoms with E-state index in [9.17, 15) is 0 Å². The van der Waals surface area contributed by atoms with Gasteiger partial charge in [-0.15, -0.1) is 0 Å². The first-order valence-electron chi connectivity index (χ1n) is 21.3. The highest BCUT2D eigenvalue weighted by atomic mass is 16.5. The van der Waals surface area contributed by atoms with Crippen LogP contribution in [0.2, 0.25) is 0 Å². The summed E-state index contributed by atoms with van der Waals surface area (Å²) in [5.41, 5.74) is 12.3. The summed E-state index contributed by atoms with van der Waals surface area (Å²) in [7, 11) is 5.07. The van der Waals surface area contributed by atoms with Gasteiger partial charge in [0.05, 0.1) is 49.5 Å². The molecule has 0 amide bonds. The fraction of sp³-hybridized carbons (Fsp3) is 0.0847. The fourth-order valence-electron chi connectivity index (χ4n) is 7.70. The summed E-state index contributed by atoms with van der Waals surface area (Å²) in [6.45, 7) is 2.01. The zero-order valence-corrected chi connectivity index (χ0v) is 36.8. The van der Waals surface area contributed by atoms with Crippen LogP contribution in [-0.4, -0.2) is 38.9 Å². The van der Waals surface area contributed by atoms with Crippen molar-refractivity contribution in [3.05, 3.63) is 251 Å². The summed E-state index contributed by atoms with van der Waals surface area (Å²) >= 11 is 0. The quantitative estimate of drug-likeness (QED) is 0.0809. The van der Waals surface area contributed by atoms with E-state index < -0.39 is 0 Å². The van der Waals surface area contributed by atoms with Gasteiger partial charge >= 0.3 is 0 Å². The molecule has 6 heteroatoms. The molecular formula is C59H47N3O3. The zero-order valence-electron chi connectivity index (χ0n) is 36.8. The third kappa shape index (κ3) is 10.4. The van der Waals surface area contributed by atoms with Gasteiger partial charge in [-0.1, -0.05) is 133 Å². The lowest BCUT2D eigenvalue weighted by atomic mass is 9.81. The molecule has 65 heavy (non-hydrogen) atoms. The van der Waals surface area contributed by atoms with Crippen LogP contribution in [0.25, 0.3) is 16.7 Å². The molecule has 0 aromatic heterocycles. The minimum Gasteiger partial charge on any atom is -0.496 e. The van der Waals surface area contributed by atoms with E-state index in [0.29, 0.717) is 17.2 Å². The number of nitrogens with zero attached hydrogens (tertiary/aromatic N) is 3. The highest BCUT2D eigenvalue weighted by Crippen LogP contribution is 2.42. The smallest absolute Gasteiger partial charge is 0.127 e. The molecule has 0 atom stereocenters. The van der Waals surface area contributed by atoms with E-state index in [1.54, 1.807) is 21.3 Å². The van der Waals surface area contributed by atoms with E-state index in [1.807, 2.05) is 153 Å². The highest BCUT2D eigenvalue weighted by molar-refractivity contribution is 6.02. The average molecular weight is 846 g/mol. The number of ether oxygens (including phenoxy) is 3. The third-order valence-corrected chi connectivity index (χ3v) is 11.0. The molecule has 0 N–H and O–H groups in total. The molecule has 0 radical (unpaired) electrons. The molecule has 0 unspecified atom stereocenters. The number of hydrogen-bond acceptors (Lipinski definition) is 6. The Morgan fingerprint density at radius 3 is 1.03 bits per heavy atom. The first-order chi connectivity index (χ1) is 32.0. The Kier molecular flexibility index (Phi) is 14.0. The lowest BCUT2D eigenvalue weighted by Gasteiger charge is -2.24. The van der Waals surface area contributed by atoms with Crippen LogP contribution in [0.15, 0.2) is 221 Å². The lowest BCUT2D eigenvalue weighted by Crippen LogP contribution is -2.08. The van der Waals surface area contributed by atoms with Gasteiger partial charge < -0.3 is 14.2 Å². The van der Waals surface area contributed by atoms with Crippen molar-refractivity contribution < 1.29 is 14.2 Å². The molecular weight excluding hydrogens is 799 g/mol. The average Bonchev–Trinajstić information content (AvgIpc) is 3.37.